The van der Waals surface area contributed by atoms with E-state index >= 15 is 0 Å². The largest absolute Gasteiger partial charge is 0.359 e. The van der Waals surface area contributed by atoms with Gasteiger partial charge in [0.15, 0.2) is 0 Å². The van der Waals surface area contributed by atoms with Crippen molar-refractivity contribution >= 4 is 11.8 Å². The Balaban J connectivity index is 1.94. The van der Waals surface area contributed by atoms with Crippen LogP contribution >= 0.6 is 0 Å². The van der Waals surface area contributed by atoms with Gasteiger partial charge in [0.05, 0.1) is 18.2 Å². The van der Waals surface area contributed by atoms with Gasteiger partial charge in [-0.25, -0.2) is 4.68 Å². The zero-order chi connectivity index (χ0) is 18.7. The SMILES string of the molecule is CNC(=O)C[C@@H]1C(=O)NCCN1Cc1c(C)cc(C)cc1-n1cccn1. The van der Waals surface area contributed by atoms with Crippen LogP contribution in [0, 0.1) is 13.8 Å². The molecule has 2 amide bonds. The molecule has 7 heteroatoms. The standard InChI is InChI=1S/C19H25N5O2/c1-13-9-14(2)15(16(10-13)24-7-4-5-22-24)12-23-8-6-21-19(26)17(23)11-18(25)20-3/h4-5,7,9-10,17H,6,8,11-12H2,1-3H3,(H,20,25)(H,21,26)/t17-/m1/s1. The minimum absolute atomic E-state index is 0.0924. The Morgan fingerprint density at radius 1 is 1.38 bits per heavy atom. The number of rotatable bonds is 5. The first-order chi connectivity index (χ1) is 12.5. The summed E-state index contributed by atoms with van der Waals surface area (Å²) in [6.45, 7) is 6.03. The van der Waals surface area contributed by atoms with Crippen molar-refractivity contribution in [3.05, 3.63) is 47.3 Å². The molecule has 26 heavy (non-hydrogen) atoms. The highest BCUT2D eigenvalue weighted by Crippen LogP contribution is 2.24. The first-order valence-electron chi connectivity index (χ1n) is 8.82. The van der Waals surface area contributed by atoms with Crippen molar-refractivity contribution in [3.8, 4) is 5.69 Å². The number of carbonyl (C=O) groups excluding carboxylic acids is 2. The quantitative estimate of drug-likeness (QED) is 0.836. The number of hydrogen-bond donors (Lipinski definition) is 2. The Hall–Kier alpha value is -2.67. The third-order valence-electron chi connectivity index (χ3n) is 4.81. The van der Waals surface area contributed by atoms with Gasteiger partial charge in [0.25, 0.3) is 0 Å². The van der Waals surface area contributed by atoms with Crippen LogP contribution in [0.2, 0.25) is 0 Å². The lowest BCUT2D eigenvalue weighted by Gasteiger charge is -2.35. The van der Waals surface area contributed by atoms with Crippen molar-refractivity contribution in [3.63, 3.8) is 0 Å². The third kappa shape index (κ3) is 3.77. The van der Waals surface area contributed by atoms with Crippen LogP contribution in [0.1, 0.15) is 23.1 Å². The van der Waals surface area contributed by atoms with E-state index in [1.54, 1.807) is 13.2 Å². The maximum Gasteiger partial charge on any atom is 0.237 e. The molecule has 7 nitrogen and oxygen atoms in total. The van der Waals surface area contributed by atoms with Crippen LogP contribution in [0.3, 0.4) is 0 Å². The summed E-state index contributed by atoms with van der Waals surface area (Å²) in [4.78, 5) is 26.3. The smallest absolute Gasteiger partial charge is 0.237 e. The maximum atomic E-state index is 12.3. The van der Waals surface area contributed by atoms with Crippen LogP contribution < -0.4 is 10.6 Å². The normalized spacial score (nSPS) is 17.8. The van der Waals surface area contributed by atoms with Crippen LogP contribution in [0.15, 0.2) is 30.6 Å². The number of amides is 2. The molecule has 1 aliphatic heterocycles. The van der Waals surface area contributed by atoms with Gasteiger partial charge in [-0.3, -0.25) is 14.5 Å². The van der Waals surface area contributed by atoms with E-state index in [4.69, 9.17) is 0 Å². The van der Waals surface area contributed by atoms with E-state index in [1.807, 2.05) is 16.9 Å². The molecule has 1 fully saturated rings. The lowest BCUT2D eigenvalue weighted by Crippen LogP contribution is -2.56. The molecule has 2 N–H and O–H groups in total. The van der Waals surface area contributed by atoms with Crippen molar-refractivity contribution in [2.75, 3.05) is 20.1 Å². The predicted molar refractivity (Wildman–Crippen MR) is 98.9 cm³/mol. The lowest BCUT2D eigenvalue weighted by atomic mass is 10.0. The van der Waals surface area contributed by atoms with Gasteiger partial charge in [-0.2, -0.15) is 5.10 Å². The number of benzene rings is 1. The molecule has 0 unspecified atom stereocenters. The molecule has 2 heterocycles. The average molecular weight is 355 g/mol. The van der Waals surface area contributed by atoms with Gasteiger partial charge in [-0.15, -0.1) is 0 Å². The number of hydrogen-bond acceptors (Lipinski definition) is 4. The maximum absolute atomic E-state index is 12.3. The van der Waals surface area contributed by atoms with Gasteiger partial charge in [0.1, 0.15) is 0 Å². The third-order valence-corrected chi connectivity index (χ3v) is 4.81. The number of aryl methyl sites for hydroxylation is 2. The van der Waals surface area contributed by atoms with E-state index in [9.17, 15) is 9.59 Å². The fraction of sp³-hybridized carbons (Fsp3) is 0.421. The van der Waals surface area contributed by atoms with Crippen molar-refractivity contribution in [2.24, 2.45) is 0 Å². The molecule has 0 spiro atoms. The second kappa shape index (κ2) is 7.70. The molecule has 0 aliphatic carbocycles. The van der Waals surface area contributed by atoms with Gasteiger partial charge < -0.3 is 10.6 Å². The van der Waals surface area contributed by atoms with Crippen molar-refractivity contribution in [2.45, 2.75) is 32.9 Å². The van der Waals surface area contributed by atoms with Crippen molar-refractivity contribution < 1.29 is 9.59 Å². The highest BCUT2D eigenvalue weighted by atomic mass is 16.2. The van der Waals surface area contributed by atoms with E-state index < -0.39 is 6.04 Å². The molecule has 1 atom stereocenters. The molecule has 1 aromatic carbocycles. The fourth-order valence-corrected chi connectivity index (χ4v) is 3.45. The summed E-state index contributed by atoms with van der Waals surface area (Å²) in [5.41, 5.74) is 4.45. The molecule has 2 aromatic rings. The zero-order valence-electron chi connectivity index (χ0n) is 15.5. The summed E-state index contributed by atoms with van der Waals surface area (Å²) in [7, 11) is 1.59. The first kappa shape index (κ1) is 18.1. The van der Waals surface area contributed by atoms with Crippen LogP contribution in [0.4, 0.5) is 0 Å². The molecular formula is C19H25N5O2. The van der Waals surface area contributed by atoms with Crippen molar-refractivity contribution in [1.82, 2.24) is 25.3 Å². The van der Waals surface area contributed by atoms with Gasteiger partial charge in [0.2, 0.25) is 11.8 Å². The monoisotopic (exact) mass is 355 g/mol. The molecule has 0 bridgehead atoms. The Labute approximate surface area is 153 Å². The van der Waals surface area contributed by atoms with Crippen LogP contribution in [0.5, 0.6) is 0 Å². The Morgan fingerprint density at radius 2 is 2.19 bits per heavy atom. The van der Waals surface area contributed by atoms with E-state index in [-0.39, 0.29) is 18.2 Å². The molecule has 0 saturated carbocycles. The van der Waals surface area contributed by atoms with Gasteiger partial charge in [0, 0.05) is 39.1 Å². The van der Waals surface area contributed by atoms with Crippen LogP contribution in [0.25, 0.3) is 5.69 Å². The summed E-state index contributed by atoms with van der Waals surface area (Å²) >= 11 is 0. The first-order valence-corrected chi connectivity index (χ1v) is 8.82. The summed E-state index contributed by atoms with van der Waals surface area (Å²) in [5.74, 6) is -0.227. The Bertz CT molecular complexity index is 801. The number of nitrogens with one attached hydrogen (secondary N) is 2. The topological polar surface area (TPSA) is 79.3 Å². The molecule has 1 aliphatic rings. The number of nitrogens with zero attached hydrogens (tertiary/aromatic N) is 3. The highest BCUT2D eigenvalue weighted by Gasteiger charge is 2.32. The summed E-state index contributed by atoms with van der Waals surface area (Å²) in [5, 5.41) is 9.85. The lowest BCUT2D eigenvalue weighted by molar-refractivity contribution is -0.134. The Kier molecular flexibility index (Phi) is 5.37. The summed E-state index contributed by atoms with van der Waals surface area (Å²) in [6, 6.07) is 5.67. The van der Waals surface area contributed by atoms with Crippen LogP contribution in [-0.4, -0.2) is 52.7 Å². The van der Waals surface area contributed by atoms with Crippen molar-refractivity contribution in [1.29, 1.82) is 0 Å². The van der Waals surface area contributed by atoms with Gasteiger partial charge in [-0.1, -0.05) is 6.07 Å². The summed E-state index contributed by atoms with van der Waals surface area (Å²) in [6.07, 6.45) is 3.83. The fourth-order valence-electron chi connectivity index (χ4n) is 3.45. The molecular weight excluding hydrogens is 330 g/mol. The molecule has 138 valence electrons. The zero-order valence-corrected chi connectivity index (χ0v) is 15.5. The average Bonchev–Trinajstić information content (AvgIpc) is 3.14. The Morgan fingerprint density at radius 3 is 2.88 bits per heavy atom. The molecule has 0 radical (unpaired) electrons. The highest BCUT2D eigenvalue weighted by molar-refractivity contribution is 5.88. The molecule has 1 saturated heterocycles. The van der Waals surface area contributed by atoms with Gasteiger partial charge >= 0.3 is 0 Å². The predicted octanol–water partition coefficient (Wildman–Crippen LogP) is 0.926. The van der Waals surface area contributed by atoms with E-state index in [0.29, 0.717) is 19.6 Å². The molecule has 3 rings (SSSR count). The second-order valence-electron chi connectivity index (χ2n) is 6.68. The number of piperazine rings is 1. The molecule has 1 aromatic heterocycles. The second-order valence-corrected chi connectivity index (χ2v) is 6.68. The number of aromatic nitrogens is 2. The summed E-state index contributed by atoms with van der Waals surface area (Å²) < 4.78 is 1.85. The van der Waals surface area contributed by atoms with E-state index in [2.05, 4.69) is 46.6 Å². The van der Waals surface area contributed by atoms with Gasteiger partial charge in [-0.05, 0) is 42.7 Å². The number of carbonyl (C=O) groups is 2. The van der Waals surface area contributed by atoms with E-state index in [0.717, 1.165) is 22.4 Å². The minimum atomic E-state index is -0.463. The minimum Gasteiger partial charge on any atom is -0.359 e. The van der Waals surface area contributed by atoms with E-state index in [1.165, 1.54) is 0 Å². The van der Waals surface area contributed by atoms with Crippen LogP contribution in [-0.2, 0) is 16.1 Å².